The van der Waals surface area contributed by atoms with Gasteiger partial charge in [0, 0.05) is 11.8 Å². The van der Waals surface area contributed by atoms with Crippen molar-refractivity contribution in [3.8, 4) is 0 Å². The molecule has 1 aliphatic heterocycles. The lowest BCUT2D eigenvalue weighted by Gasteiger charge is -2.35. The molecular weight excluding hydrogens is 376 g/mol. The minimum absolute atomic E-state index is 0.0693. The third kappa shape index (κ3) is 4.89. The Hall–Kier alpha value is -1.18. The maximum Gasteiger partial charge on any atom is 0.411 e. The summed E-state index contributed by atoms with van der Waals surface area (Å²) in [6, 6.07) is 0. The first-order valence-electron chi connectivity index (χ1n) is 7.15. The molecule has 0 aliphatic carbocycles. The normalized spacial score (nSPS) is 24.0. The van der Waals surface area contributed by atoms with Crippen LogP contribution >= 0.6 is 15.9 Å². The van der Waals surface area contributed by atoms with Gasteiger partial charge in [0.15, 0.2) is 5.54 Å². The SMILES string of the molecule is COC(=O)C1(C/C=C\CBr)CC(F)(F)CN1C(=O)OC(C)(C)C. The van der Waals surface area contributed by atoms with Crippen molar-refractivity contribution >= 4 is 28.0 Å². The van der Waals surface area contributed by atoms with E-state index >= 15 is 0 Å². The predicted molar refractivity (Wildman–Crippen MR) is 84.8 cm³/mol. The van der Waals surface area contributed by atoms with E-state index in [4.69, 9.17) is 9.47 Å². The Kier molecular flexibility index (Phi) is 6.18. The van der Waals surface area contributed by atoms with Crippen LogP contribution in [-0.4, -0.2) is 53.0 Å². The van der Waals surface area contributed by atoms with Crippen LogP contribution in [0.25, 0.3) is 0 Å². The molecule has 1 unspecified atom stereocenters. The number of carbonyl (C=O) groups is 2. The van der Waals surface area contributed by atoms with Gasteiger partial charge in [-0.15, -0.1) is 0 Å². The second-order valence-electron chi connectivity index (χ2n) is 6.45. The van der Waals surface area contributed by atoms with Gasteiger partial charge in [0.2, 0.25) is 0 Å². The van der Waals surface area contributed by atoms with Crippen molar-refractivity contribution in [2.75, 3.05) is 19.0 Å². The smallest absolute Gasteiger partial charge is 0.411 e. The van der Waals surface area contributed by atoms with Crippen LogP contribution < -0.4 is 0 Å². The zero-order chi connectivity index (χ0) is 17.9. The summed E-state index contributed by atoms with van der Waals surface area (Å²) in [7, 11) is 1.11. The molecule has 5 nitrogen and oxygen atoms in total. The van der Waals surface area contributed by atoms with Gasteiger partial charge in [-0.3, -0.25) is 4.90 Å². The van der Waals surface area contributed by atoms with E-state index in [1.165, 1.54) is 0 Å². The average Bonchev–Trinajstić information content (AvgIpc) is 2.69. The molecule has 0 radical (unpaired) electrons. The van der Waals surface area contributed by atoms with E-state index in [2.05, 4.69) is 15.9 Å². The molecule has 0 spiro atoms. The third-order valence-electron chi connectivity index (χ3n) is 3.35. The number of halogens is 3. The maximum absolute atomic E-state index is 14.0. The van der Waals surface area contributed by atoms with E-state index in [1.54, 1.807) is 32.9 Å². The Bertz CT molecular complexity index is 490. The Morgan fingerprint density at radius 3 is 2.39 bits per heavy atom. The van der Waals surface area contributed by atoms with Gasteiger partial charge in [0.1, 0.15) is 5.60 Å². The molecule has 0 saturated carbocycles. The van der Waals surface area contributed by atoms with Crippen LogP contribution in [0.15, 0.2) is 12.2 Å². The van der Waals surface area contributed by atoms with Gasteiger partial charge < -0.3 is 9.47 Å². The summed E-state index contributed by atoms with van der Waals surface area (Å²) in [5.74, 6) is -4.06. The van der Waals surface area contributed by atoms with Gasteiger partial charge in [-0.2, -0.15) is 0 Å². The molecule has 1 amide bonds. The fourth-order valence-electron chi connectivity index (χ4n) is 2.50. The number of carbonyl (C=O) groups excluding carboxylic acids is 2. The highest BCUT2D eigenvalue weighted by Gasteiger charge is 2.61. The largest absolute Gasteiger partial charge is 0.467 e. The van der Waals surface area contributed by atoms with Crippen molar-refractivity contribution in [3.63, 3.8) is 0 Å². The van der Waals surface area contributed by atoms with Gasteiger partial charge in [0.25, 0.3) is 5.92 Å². The molecule has 1 fully saturated rings. The summed E-state index contributed by atoms with van der Waals surface area (Å²) in [6.07, 6.45) is 1.43. The van der Waals surface area contributed by atoms with E-state index < -0.39 is 42.1 Å². The first-order valence-corrected chi connectivity index (χ1v) is 8.27. The topological polar surface area (TPSA) is 55.8 Å². The van der Waals surface area contributed by atoms with Crippen LogP contribution in [0.4, 0.5) is 13.6 Å². The van der Waals surface area contributed by atoms with E-state index in [0.29, 0.717) is 5.33 Å². The summed E-state index contributed by atoms with van der Waals surface area (Å²) in [5.41, 5.74) is -2.62. The van der Waals surface area contributed by atoms with Crippen LogP contribution in [0.2, 0.25) is 0 Å². The fourth-order valence-corrected chi connectivity index (χ4v) is 2.76. The van der Waals surface area contributed by atoms with Crippen molar-refractivity contribution in [2.45, 2.75) is 50.7 Å². The number of likely N-dealkylation sites (tertiary alicyclic amines) is 1. The Balaban J connectivity index is 3.22. The number of alkyl halides is 3. The highest BCUT2D eigenvalue weighted by atomic mass is 79.9. The standard InChI is InChI=1S/C15H22BrF2NO4/c1-13(2,3)23-12(21)19-10-15(17,18)9-14(19,11(20)22-4)7-5-6-8-16/h5-6H,7-10H2,1-4H3/b6-5-. The number of hydrogen-bond acceptors (Lipinski definition) is 4. The van der Waals surface area contributed by atoms with E-state index in [0.717, 1.165) is 12.0 Å². The molecule has 0 bridgehead atoms. The number of methoxy groups -OCH3 is 1. The molecule has 0 aromatic rings. The molecule has 8 heteroatoms. The number of ether oxygens (including phenoxy) is 2. The van der Waals surface area contributed by atoms with Crippen LogP contribution in [0, 0.1) is 0 Å². The predicted octanol–water partition coefficient (Wildman–Crippen LogP) is 3.52. The Labute approximate surface area is 143 Å². The molecule has 1 heterocycles. The van der Waals surface area contributed by atoms with Gasteiger partial charge in [-0.1, -0.05) is 28.1 Å². The quantitative estimate of drug-likeness (QED) is 0.413. The zero-order valence-corrected chi connectivity index (χ0v) is 15.3. The maximum atomic E-state index is 14.0. The van der Waals surface area contributed by atoms with E-state index in [1.807, 2.05) is 0 Å². The number of esters is 1. The van der Waals surface area contributed by atoms with Crippen molar-refractivity contribution in [3.05, 3.63) is 12.2 Å². The molecule has 0 N–H and O–H groups in total. The Morgan fingerprint density at radius 2 is 1.91 bits per heavy atom. The zero-order valence-electron chi connectivity index (χ0n) is 13.7. The average molecular weight is 398 g/mol. The van der Waals surface area contributed by atoms with E-state index in [-0.39, 0.29) is 6.42 Å². The minimum Gasteiger partial charge on any atom is -0.467 e. The highest BCUT2D eigenvalue weighted by Crippen LogP contribution is 2.43. The summed E-state index contributed by atoms with van der Waals surface area (Å²) >= 11 is 3.18. The van der Waals surface area contributed by atoms with E-state index in [9.17, 15) is 18.4 Å². The van der Waals surface area contributed by atoms with Crippen molar-refractivity contribution in [1.82, 2.24) is 4.90 Å². The lowest BCUT2D eigenvalue weighted by atomic mass is 9.91. The molecule has 1 saturated heterocycles. The van der Waals surface area contributed by atoms with Gasteiger partial charge in [-0.05, 0) is 27.2 Å². The molecular formula is C15H22BrF2NO4. The number of hydrogen-bond donors (Lipinski definition) is 0. The number of nitrogens with zero attached hydrogens (tertiary/aromatic N) is 1. The van der Waals surface area contributed by atoms with Crippen LogP contribution in [-0.2, 0) is 14.3 Å². The Morgan fingerprint density at radius 1 is 1.30 bits per heavy atom. The van der Waals surface area contributed by atoms with Crippen LogP contribution in [0.5, 0.6) is 0 Å². The molecule has 1 atom stereocenters. The molecule has 23 heavy (non-hydrogen) atoms. The van der Waals surface area contributed by atoms with Gasteiger partial charge in [0.05, 0.1) is 13.7 Å². The number of amides is 1. The van der Waals surface area contributed by atoms with Crippen molar-refractivity contribution < 1.29 is 27.8 Å². The second kappa shape index (κ2) is 7.15. The lowest BCUT2D eigenvalue weighted by molar-refractivity contribution is -0.153. The van der Waals surface area contributed by atoms with Crippen LogP contribution in [0.3, 0.4) is 0 Å². The summed E-state index contributed by atoms with van der Waals surface area (Å²) < 4.78 is 37.9. The summed E-state index contributed by atoms with van der Waals surface area (Å²) in [4.78, 5) is 25.4. The molecule has 132 valence electrons. The third-order valence-corrected chi connectivity index (χ3v) is 3.72. The fraction of sp³-hybridized carbons (Fsp3) is 0.733. The van der Waals surface area contributed by atoms with Gasteiger partial charge >= 0.3 is 12.1 Å². The van der Waals surface area contributed by atoms with Gasteiger partial charge in [-0.25, -0.2) is 18.4 Å². The number of rotatable bonds is 4. The highest BCUT2D eigenvalue weighted by molar-refractivity contribution is 9.09. The molecule has 0 aromatic heterocycles. The first kappa shape index (κ1) is 19.9. The minimum atomic E-state index is -3.19. The first-order chi connectivity index (χ1) is 10.5. The molecule has 1 aliphatic rings. The summed E-state index contributed by atoms with van der Waals surface area (Å²) in [5, 5.41) is 0.507. The van der Waals surface area contributed by atoms with Crippen molar-refractivity contribution in [2.24, 2.45) is 0 Å². The second-order valence-corrected chi connectivity index (χ2v) is 7.10. The monoisotopic (exact) mass is 397 g/mol. The lowest BCUT2D eigenvalue weighted by Crippen LogP contribution is -2.54. The molecule has 1 rings (SSSR count). The summed E-state index contributed by atoms with van der Waals surface area (Å²) in [6.45, 7) is 4.01. The van der Waals surface area contributed by atoms with Crippen molar-refractivity contribution in [1.29, 1.82) is 0 Å². The molecule has 0 aromatic carbocycles. The number of allylic oxidation sites excluding steroid dienone is 1. The van der Waals surface area contributed by atoms with Crippen LogP contribution in [0.1, 0.15) is 33.6 Å².